The lowest BCUT2D eigenvalue weighted by molar-refractivity contribution is 0.584. The minimum absolute atomic E-state index is 0.0735. The summed E-state index contributed by atoms with van der Waals surface area (Å²) >= 11 is 0. The van der Waals surface area contributed by atoms with Crippen LogP contribution in [0.1, 0.15) is 41.3 Å². The molecule has 0 radical (unpaired) electrons. The van der Waals surface area contributed by atoms with Crippen molar-refractivity contribution in [3.05, 3.63) is 40.5 Å². The van der Waals surface area contributed by atoms with Crippen LogP contribution >= 0.6 is 0 Å². The largest absolute Gasteiger partial charge is 0.324 e. The molecule has 0 aromatic carbocycles. The molecule has 1 atom stereocenters. The number of nitrogens with zero attached hydrogens (tertiary/aromatic N) is 4. The molecule has 102 valence electrons. The standard InChI is InChI=1S/C14H21N5/c1-5-19-12(6-10(3)18-19)8-14(15)13-7-9(2)16-17-11(13)4/h6-7,14H,5,8,15H2,1-4H3. The first-order chi connectivity index (χ1) is 9.01. The first kappa shape index (κ1) is 13.7. The average Bonchev–Trinajstić information content (AvgIpc) is 2.72. The van der Waals surface area contributed by atoms with Crippen LogP contribution in [-0.2, 0) is 13.0 Å². The Hall–Kier alpha value is -1.75. The van der Waals surface area contributed by atoms with E-state index in [4.69, 9.17) is 5.73 Å². The summed E-state index contributed by atoms with van der Waals surface area (Å²) in [7, 11) is 0. The van der Waals surface area contributed by atoms with Crippen molar-refractivity contribution in [2.24, 2.45) is 5.73 Å². The number of hydrogen-bond donors (Lipinski definition) is 1. The van der Waals surface area contributed by atoms with Crippen molar-refractivity contribution < 1.29 is 0 Å². The van der Waals surface area contributed by atoms with Gasteiger partial charge in [-0.25, -0.2) is 0 Å². The molecule has 5 heteroatoms. The highest BCUT2D eigenvalue weighted by molar-refractivity contribution is 5.25. The lowest BCUT2D eigenvalue weighted by Crippen LogP contribution is -2.18. The van der Waals surface area contributed by atoms with E-state index < -0.39 is 0 Å². The maximum absolute atomic E-state index is 6.32. The van der Waals surface area contributed by atoms with Crippen LogP contribution in [0.25, 0.3) is 0 Å². The molecule has 0 fully saturated rings. The van der Waals surface area contributed by atoms with Crippen molar-refractivity contribution in [1.29, 1.82) is 0 Å². The number of aryl methyl sites for hydroxylation is 4. The van der Waals surface area contributed by atoms with Gasteiger partial charge in [0.05, 0.1) is 17.1 Å². The summed E-state index contributed by atoms with van der Waals surface area (Å²) in [6.07, 6.45) is 0.765. The second kappa shape index (κ2) is 5.48. The Kier molecular flexibility index (Phi) is 3.95. The predicted molar refractivity (Wildman–Crippen MR) is 74.8 cm³/mol. The van der Waals surface area contributed by atoms with Gasteiger partial charge in [0.25, 0.3) is 0 Å². The number of aromatic nitrogens is 4. The third-order valence-corrected chi connectivity index (χ3v) is 3.25. The van der Waals surface area contributed by atoms with Crippen molar-refractivity contribution in [1.82, 2.24) is 20.0 Å². The van der Waals surface area contributed by atoms with Crippen LogP contribution in [0.4, 0.5) is 0 Å². The van der Waals surface area contributed by atoms with Gasteiger partial charge in [0.15, 0.2) is 0 Å². The van der Waals surface area contributed by atoms with Gasteiger partial charge in [-0.3, -0.25) is 4.68 Å². The highest BCUT2D eigenvalue weighted by atomic mass is 15.3. The first-order valence-electron chi connectivity index (χ1n) is 6.61. The fourth-order valence-corrected chi connectivity index (χ4v) is 2.32. The minimum Gasteiger partial charge on any atom is -0.324 e. The Bertz CT molecular complexity index is 573. The summed E-state index contributed by atoms with van der Waals surface area (Å²) in [5.41, 5.74) is 11.4. The van der Waals surface area contributed by atoms with Gasteiger partial charge in [0, 0.05) is 24.7 Å². The van der Waals surface area contributed by atoms with E-state index in [1.165, 1.54) is 5.69 Å². The molecule has 0 aliphatic carbocycles. The van der Waals surface area contributed by atoms with Gasteiger partial charge in [0.2, 0.25) is 0 Å². The quantitative estimate of drug-likeness (QED) is 0.910. The van der Waals surface area contributed by atoms with Gasteiger partial charge in [0.1, 0.15) is 0 Å². The highest BCUT2D eigenvalue weighted by Crippen LogP contribution is 2.19. The van der Waals surface area contributed by atoms with Crippen molar-refractivity contribution >= 4 is 0 Å². The van der Waals surface area contributed by atoms with Crippen LogP contribution in [0.2, 0.25) is 0 Å². The minimum atomic E-state index is -0.0735. The van der Waals surface area contributed by atoms with E-state index in [0.717, 1.165) is 35.6 Å². The number of hydrogen-bond acceptors (Lipinski definition) is 4. The van der Waals surface area contributed by atoms with E-state index >= 15 is 0 Å². The predicted octanol–water partition coefficient (Wildman–Crippen LogP) is 1.86. The Balaban J connectivity index is 2.25. The molecule has 1 unspecified atom stereocenters. The summed E-state index contributed by atoms with van der Waals surface area (Å²) < 4.78 is 2.01. The Labute approximate surface area is 113 Å². The van der Waals surface area contributed by atoms with E-state index in [9.17, 15) is 0 Å². The Morgan fingerprint density at radius 1 is 1.16 bits per heavy atom. The van der Waals surface area contributed by atoms with Crippen molar-refractivity contribution in [3.8, 4) is 0 Å². The van der Waals surface area contributed by atoms with E-state index in [-0.39, 0.29) is 6.04 Å². The summed E-state index contributed by atoms with van der Waals surface area (Å²) in [6.45, 7) is 8.84. The van der Waals surface area contributed by atoms with Crippen LogP contribution in [0.5, 0.6) is 0 Å². The van der Waals surface area contributed by atoms with Crippen LogP contribution in [0.3, 0.4) is 0 Å². The van der Waals surface area contributed by atoms with E-state index in [0.29, 0.717) is 0 Å². The molecule has 2 aromatic rings. The molecule has 0 bridgehead atoms. The lowest BCUT2D eigenvalue weighted by Gasteiger charge is -2.14. The molecule has 2 heterocycles. The van der Waals surface area contributed by atoms with E-state index in [2.05, 4.69) is 28.3 Å². The third kappa shape index (κ3) is 2.98. The molecule has 0 saturated carbocycles. The molecular weight excluding hydrogens is 238 g/mol. The highest BCUT2D eigenvalue weighted by Gasteiger charge is 2.14. The van der Waals surface area contributed by atoms with Crippen LogP contribution in [0, 0.1) is 20.8 Å². The average molecular weight is 259 g/mol. The molecule has 19 heavy (non-hydrogen) atoms. The molecule has 2 aromatic heterocycles. The zero-order valence-corrected chi connectivity index (χ0v) is 12.0. The molecule has 2 N–H and O–H groups in total. The van der Waals surface area contributed by atoms with Gasteiger partial charge >= 0.3 is 0 Å². The summed E-state index contributed by atoms with van der Waals surface area (Å²) in [5, 5.41) is 12.6. The van der Waals surface area contributed by atoms with Crippen LogP contribution in [0.15, 0.2) is 12.1 Å². The van der Waals surface area contributed by atoms with Crippen LogP contribution in [-0.4, -0.2) is 20.0 Å². The van der Waals surface area contributed by atoms with Gasteiger partial charge in [-0.15, -0.1) is 0 Å². The molecule has 0 spiro atoms. The molecule has 0 amide bonds. The smallest absolute Gasteiger partial charge is 0.0648 e. The number of nitrogens with two attached hydrogens (primary N) is 1. The third-order valence-electron chi connectivity index (χ3n) is 3.25. The van der Waals surface area contributed by atoms with Crippen molar-refractivity contribution in [2.45, 2.75) is 46.7 Å². The summed E-state index contributed by atoms with van der Waals surface area (Å²) in [6, 6.07) is 4.04. The first-order valence-corrected chi connectivity index (χ1v) is 6.61. The lowest BCUT2D eigenvalue weighted by atomic mass is 10.0. The fraction of sp³-hybridized carbons (Fsp3) is 0.500. The Morgan fingerprint density at radius 3 is 2.58 bits per heavy atom. The monoisotopic (exact) mass is 259 g/mol. The second-order valence-corrected chi connectivity index (χ2v) is 4.93. The summed E-state index contributed by atoms with van der Waals surface area (Å²) in [4.78, 5) is 0. The Morgan fingerprint density at radius 2 is 1.89 bits per heavy atom. The number of rotatable bonds is 4. The van der Waals surface area contributed by atoms with Crippen molar-refractivity contribution in [2.75, 3.05) is 0 Å². The molecule has 0 saturated heterocycles. The molecular formula is C14H21N5. The van der Waals surface area contributed by atoms with Gasteiger partial charge in [-0.1, -0.05) is 0 Å². The SMILES string of the molecule is CCn1nc(C)cc1CC(N)c1cc(C)nnc1C. The normalized spacial score (nSPS) is 12.7. The molecule has 0 aliphatic heterocycles. The fourth-order valence-electron chi connectivity index (χ4n) is 2.32. The second-order valence-electron chi connectivity index (χ2n) is 4.93. The van der Waals surface area contributed by atoms with Gasteiger partial charge in [-0.2, -0.15) is 15.3 Å². The zero-order chi connectivity index (χ0) is 14.0. The zero-order valence-electron chi connectivity index (χ0n) is 12.0. The topological polar surface area (TPSA) is 69.6 Å². The maximum Gasteiger partial charge on any atom is 0.0648 e. The molecule has 2 rings (SSSR count). The van der Waals surface area contributed by atoms with E-state index in [1.807, 2.05) is 31.5 Å². The van der Waals surface area contributed by atoms with Gasteiger partial charge < -0.3 is 5.73 Å². The van der Waals surface area contributed by atoms with Crippen molar-refractivity contribution in [3.63, 3.8) is 0 Å². The van der Waals surface area contributed by atoms with E-state index in [1.54, 1.807) is 0 Å². The molecule has 5 nitrogen and oxygen atoms in total. The summed E-state index contributed by atoms with van der Waals surface area (Å²) in [5.74, 6) is 0. The van der Waals surface area contributed by atoms with Gasteiger partial charge in [-0.05, 0) is 45.4 Å². The van der Waals surface area contributed by atoms with Crippen LogP contribution < -0.4 is 5.73 Å². The molecule has 0 aliphatic rings. The maximum atomic E-state index is 6.32.